The molecule has 1 aliphatic heterocycles. The van der Waals surface area contributed by atoms with Crippen molar-refractivity contribution in [2.45, 2.75) is 39.7 Å². The van der Waals surface area contributed by atoms with E-state index in [2.05, 4.69) is 17.6 Å². The van der Waals surface area contributed by atoms with Crippen molar-refractivity contribution in [1.82, 2.24) is 5.32 Å². The van der Waals surface area contributed by atoms with Crippen LogP contribution in [0.2, 0.25) is 0 Å². The van der Waals surface area contributed by atoms with Gasteiger partial charge in [0, 0.05) is 18.3 Å². The van der Waals surface area contributed by atoms with Crippen molar-refractivity contribution in [3.05, 3.63) is 29.3 Å². The Balaban J connectivity index is 2.03. The smallest absolute Gasteiger partial charge is 0.228 e. The van der Waals surface area contributed by atoms with Gasteiger partial charge in [0.05, 0.1) is 5.92 Å². The Labute approximate surface area is 109 Å². The van der Waals surface area contributed by atoms with Crippen molar-refractivity contribution in [2.75, 3.05) is 11.9 Å². The third kappa shape index (κ3) is 2.91. The summed E-state index contributed by atoms with van der Waals surface area (Å²) < 4.78 is 0. The van der Waals surface area contributed by atoms with Crippen LogP contribution in [0.5, 0.6) is 0 Å². The molecule has 2 unspecified atom stereocenters. The molecule has 3 heteroatoms. The van der Waals surface area contributed by atoms with Crippen LogP contribution in [0.15, 0.2) is 18.2 Å². The number of hydrogen-bond acceptors (Lipinski definition) is 2. The number of hydrogen-bond donors (Lipinski definition) is 2. The van der Waals surface area contributed by atoms with Gasteiger partial charge < -0.3 is 10.6 Å². The Morgan fingerprint density at radius 1 is 1.28 bits per heavy atom. The van der Waals surface area contributed by atoms with Crippen molar-refractivity contribution in [2.24, 2.45) is 5.92 Å². The molecule has 3 nitrogen and oxygen atoms in total. The summed E-state index contributed by atoms with van der Waals surface area (Å²) >= 11 is 0. The lowest BCUT2D eigenvalue weighted by Crippen LogP contribution is -2.41. The lowest BCUT2D eigenvalue weighted by molar-refractivity contribution is -0.120. The average Bonchev–Trinajstić information content (AvgIpc) is 2.34. The highest BCUT2D eigenvalue weighted by atomic mass is 16.1. The number of rotatable bonds is 2. The number of aryl methyl sites for hydroxylation is 2. The number of piperidine rings is 1. The highest BCUT2D eigenvalue weighted by Crippen LogP contribution is 2.22. The Morgan fingerprint density at radius 3 is 2.50 bits per heavy atom. The van der Waals surface area contributed by atoms with Gasteiger partial charge in [0.15, 0.2) is 0 Å². The van der Waals surface area contributed by atoms with Gasteiger partial charge in [-0.05, 0) is 44.7 Å². The molecular formula is C15H22N2O. The quantitative estimate of drug-likeness (QED) is 0.842. The van der Waals surface area contributed by atoms with E-state index in [1.165, 1.54) is 0 Å². The number of anilines is 1. The zero-order valence-corrected chi connectivity index (χ0v) is 11.4. The molecule has 0 radical (unpaired) electrons. The summed E-state index contributed by atoms with van der Waals surface area (Å²) in [6.45, 7) is 7.02. The molecule has 1 saturated heterocycles. The van der Waals surface area contributed by atoms with E-state index in [-0.39, 0.29) is 11.8 Å². The Kier molecular flexibility index (Phi) is 4.02. The molecule has 1 aromatic carbocycles. The third-order valence-electron chi connectivity index (χ3n) is 3.76. The van der Waals surface area contributed by atoms with E-state index in [0.29, 0.717) is 6.04 Å². The number of benzene rings is 1. The number of amides is 1. The van der Waals surface area contributed by atoms with Crippen LogP contribution in [0.3, 0.4) is 0 Å². The Hall–Kier alpha value is -1.35. The Bertz CT molecular complexity index is 414. The number of carbonyl (C=O) groups is 1. The average molecular weight is 246 g/mol. The standard InChI is InChI=1S/C15H22N2O/c1-10-5-4-6-11(2)14(10)17-15(18)13-8-7-12(3)16-9-13/h4-6,12-13,16H,7-9H2,1-3H3,(H,17,18). The van der Waals surface area contributed by atoms with Crippen molar-refractivity contribution in [3.8, 4) is 0 Å². The summed E-state index contributed by atoms with van der Waals surface area (Å²) in [5, 5.41) is 6.45. The van der Waals surface area contributed by atoms with E-state index in [1.54, 1.807) is 0 Å². The van der Waals surface area contributed by atoms with E-state index < -0.39 is 0 Å². The number of nitrogens with one attached hydrogen (secondary N) is 2. The molecule has 0 saturated carbocycles. The molecule has 1 aromatic rings. The molecule has 18 heavy (non-hydrogen) atoms. The second-order valence-electron chi connectivity index (χ2n) is 5.34. The van der Waals surface area contributed by atoms with Crippen LogP contribution in [0.1, 0.15) is 30.9 Å². The van der Waals surface area contributed by atoms with E-state index in [0.717, 1.165) is 36.2 Å². The Morgan fingerprint density at radius 2 is 1.94 bits per heavy atom. The molecule has 2 N–H and O–H groups in total. The predicted octanol–water partition coefficient (Wildman–Crippen LogP) is 2.63. The van der Waals surface area contributed by atoms with Crippen LogP contribution in [-0.2, 0) is 4.79 Å². The summed E-state index contributed by atoms with van der Waals surface area (Å²) in [5.41, 5.74) is 3.22. The first-order chi connectivity index (χ1) is 8.58. The van der Waals surface area contributed by atoms with E-state index in [1.807, 2.05) is 32.0 Å². The molecule has 1 amide bonds. The highest BCUT2D eigenvalue weighted by molar-refractivity contribution is 5.94. The molecular weight excluding hydrogens is 224 g/mol. The fourth-order valence-electron chi connectivity index (χ4n) is 2.46. The maximum absolute atomic E-state index is 12.2. The minimum absolute atomic E-state index is 0.0974. The van der Waals surface area contributed by atoms with Crippen molar-refractivity contribution < 1.29 is 4.79 Å². The van der Waals surface area contributed by atoms with E-state index in [9.17, 15) is 4.79 Å². The number of para-hydroxylation sites is 1. The van der Waals surface area contributed by atoms with Crippen molar-refractivity contribution in [3.63, 3.8) is 0 Å². The van der Waals surface area contributed by atoms with Crippen LogP contribution in [0.4, 0.5) is 5.69 Å². The van der Waals surface area contributed by atoms with Crippen LogP contribution in [-0.4, -0.2) is 18.5 Å². The van der Waals surface area contributed by atoms with Gasteiger partial charge in [-0.1, -0.05) is 18.2 Å². The second kappa shape index (κ2) is 5.53. The van der Waals surface area contributed by atoms with E-state index >= 15 is 0 Å². The normalized spacial score (nSPS) is 23.7. The first-order valence-electron chi connectivity index (χ1n) is 6.68. The first kappa shape index (κ1) is 13.1. The van der Waals surface area contributed by atoms with Gasteiger partial charge in [0.2, 0.25) is 5.91 Å². The lowest BCUT2D eigenvalue weighted by atomic mass is 9.94. The summed E-state index contributed by atoms with van der Waals surface area (Å²) in [6.07, 6.45) is 2.05. The third-order valence-corrected chi connectivity index (χ3v) is 3.76. The van der Waals surface area contributed by atoms with Gasteiger partial charge in [-0.2, -0.15) is 0 Å². The lowest BCUT2D eigenvalue weighted by Gasteiger charge is -2.27. The van der Waals surface area contributed by atoms with Crippen LogP contribution >= 0.6 is 0 Å². The topological polar surface area (TPSA) is 41.1 Å². The summed E-state index contributed by atoms with van der Waals surface area (Å²) in [4.78, 5) is 12.2. The molecule has 1 fully saturated rings. The fourth-order valence-corrected chi connectivity index (χ4v) is 2.46. The predicted molar refractivity (Wildman–Crippen MR) is 74.7 cm³/mol. The van der Waals surface area contributed by atoms with Crippen molar-refractivity contribution >= 4 is 11.6 Å². The summed E-state index contributed by atoms with van der Waals surface area (Å²) in [7, 11) is 0. The van der Waals surface area contributed by atoms with Gasteiger partial charge in [0.1, 0.15) is 0 Å². The summed E-state index contributed by atoms with van der Waals surface area (Å²) in [5.74, 6) is 0.243. The largest absolute Gasteiger partial charge is 0.325 e. The second-order valence-corrected chi connectivity index (χ2v) is 5.34. The van der Waals surface area contributed by atoms with Gasteiger partial charge in [-0.15, -0.1) is 0 Å². The van der Waals surface area contributed by atoms with Crippen LogP contribution in [0.25, 0.3) is 0 Å². The van der Waals surface area contributed by atoms with Crippen LogP contribution in [0, 0.1) is 19.8 Å². The van der Waals surface area contributed by atoms with Gasteiger partial charge in [0.25, 0.3) is 0 Å². The first-order valence-corrected chi connectivity index (χ1v) is 6.68. The maximum atomic E-state index is 12.2. The molecule has 1 aliphatic rings. The minimum atomic E-state index is 0.0974. The fraction of sp³-hybridized carbons (Fsp3) is 0.533. The summed E-state index contributed by atoms with van der Waals surface area (Å²) in [6, 6.07) is 6.62. The molecule has 2 atom stereocenters. The molecule has 2 rings (SSSR count). The molecule has 0 aromatic heterocycles. The van der Waals surface area contributed by atoms with Crippen molar-refractivity contribution in [1.29, 1.82) is 0 Å². The molecule has 98 valence electrons. The maximum Gasteiger partial charge on any atom is 0.228 e. The monoisotopic (exact) mass is 246 g/mol. The zero-order valence-electron chi connectivity index (χ0n) is 11.4. The molecule has 0 bridgehead atoms. The van der Waals surface area contributed by atoms with Gasteiger partial charge in [-0.3, -0.25) is 4.79 Å². The van der Waals surface area contributed by atoms with E-state index in [4.69, 9.17) is 0 Å². The highest BCUT2D eigenvalue weighted by Gasteiger charge is 2.24. The number of carbonyl (C=O) groups excluding carboxylic acids is 1. The van der Waals surface area contributed by atoms with Gasteiger partial charge in [-0.25, -0.2) is 0 Å². The van der Waals surface area contributed by atoms with Crippen LogP contribution < -0.4 is 10.6 Å². The minimum Gasteiger partial charge on any atom is -0.325 e. The molecule has 0 spiro atoms. The molecule has 0 aliphatic carbocycles. The molecule has 1 heterocycles. The zero-order chi connectivity index (χ0) is 13.1. The SMILES string of the molecule is Cc1cccc(C)c1NC(=O)C1CCC(C)NC1. The van der Waals surface area contributed by atoms with Gasteiger partial charge >= 0.3 is 0 Å².